The minimum atomic E-state index is -0.410. The maximum atomic E-state index is 12.3. The zero-order chi connectivity index (χ0) is 14.1. The minimum Gasteiger partial charge on any atom is -0.379 e. The first-order chi connectivity index (χ1) is 9.70. The first-order valence-corrected chi connectivity index (χ1v) is 7.27. The summed E-state index contributed by atoms with van der Waals surface area (Å²) in [5.74, 6) is -0.121. The third-order valence-electron chi connectivity index (χ3n) is 4.02. The van der Waals surface area contributed by atoms with Crippen molar-refractivity contribution < 1.29 is 19.0 Å². The minimum absolute atomic E-state index is 0.0486. The highest BCUT2D eigenvalue weighted by Crippen LogP contribution is 2.30. The molecule has 0 spiro atoms. The number of hydrogen-bond acceptors (Lipinski definition) is 5. The first kappa shape index (κ1) is 14.0. The lowest BCUT2D eigenvalue weighted by Gasteiger charge is -2.33. The van der Waals surface area contributed by atoms with E-state index >= 15 is 0 Å². The highest BCUT2D eigenvalue weighted by molar-refractivity contribution is 7.09. The molecule has 20 heavy (non-hydrogen) atoms. The number of carbonyl (C=O) groups excluding carboxylic acids is 2. The van der Waals surface area contributed by atoms with Crippen molar-refractivity contribution in [2.75, 3.05) is 32.8 Å². The summed E-state index contributed by atoms with van der Waals surface area (Å²) < 4.78 is 10.3. The Hall–Kier alpha value is -0.950. The summed E-state index contributed by atoms with van der Waals surface area (Å²) >= 11 is 0. The normalized spacial score (nSPS) is 30.8. The van der Waals surface area contributed by atoms with Gasteiger partial charge < -0.3 is 9.64 Å². The third-order valence-corrected chi connectivity index (χ3v) is 4.25. The number of nitrogens with zero attached hydrogens (tertiary/aromatic N) is 3. The van der Waals surface area contributed by atoms with Crippen molar-refractivity contribution >= 4 is 21.4 Å². The predicted molar refractivity (Wildman–Crippen MR) is 72.1 cm³/mol. The van der Waals surface area contributed by atoms with Gasteiger partial charge in [-0.1, -0.05) is 0 Å². The standard InChI is InChI=1S/C11H19N4O4P/c16-10(12-13-3-5-18-6-4-13)9-2-1-8-7-14(9)11(17)15(8)19-20/h8-9H,1-7,20H2,(H,12,16)/t8-,9-/m0/s1. The van der Waals surface area contributed by atoms with Crippen molar-refractivity contribution in [1.29, 1.82) is 0 Å². The highest BCUT2D eigenvalue weighted by Gasteiger charge is 2.47. The van der Waals surface area contributed by atoms with E-state index in [0.717, 1.165) is 6.42 Å². The molecule has 0 aliphatic carbocycles. The van der Waals surface area contributed by atoms with E-state index in [0.29, 0.717) is 39.3 Å². The van der Waals surface area contributed by atoms with Crippen LogP contribution < -0.4 is 5.43 Å². The van der Waals surface area contributed by atoms with Crippen LogP contribution in [0, 0.1) is 0 Å². The van der Waals surface area contributed by atoms with E-state index in [-0.39, 0.29) is 18.0 Å². The van der Waals surface area contributed by atoms with Crippen molar-refractivity contribution in [1.82, 2.24) is 20.4 Å². The van der Waals surface area contributed by atoms with Crippen LogP contribution in [0.2, 0.25) is 0 Å². The van der Waals surface area contributed by atoms with Gasteiger partial charge in [0.1, 0.15) is 6.04 Å². The number of hydrogen-bond donors (Lipinski definition) is 1. The molecule has 3 aliphatic heterocycles. The van der Waals surface area contributed by atoms with E-state index in [1.165, 1.54) is 5.06 Å². The number of fused-ring (bicyclic) bond motifs is 2. The van der Waals surface area contributed by atoms with Gasteiger partial charge in [0.2, 0.25) is 0 Å². The average molecular weight is 302 g/mol. The zero-order valence-corrected chi connectivity index (χ0v) is 12.3. The van der Waals surface area contributed by atoms with Gasteiger partial charge in [-0.15, -0.1) is 0 Å². The Balaban J connectivity index is 1.62. The lowest BCUT2D eigenvalue weighted by molar-refractivity contribution is -0.133. The summed E-state index contributed by atoms with van der Waals surface area (Å²) in [7, 11) is 2.09. The van der Waals surface area contributed by atoms with Gasteiger partial charge in [0.05, 0.1) is 19.3 Å². The molecule has 3 aliphatic rings. The maximum Gasteiger partial charge on any atom is 0.345 e. The topological polar surface area (TPSA) is 74.4 Å². The summed E-state index contributed by atoms with van der Waals surface area (Å²) in [6.45, 7) is 3.13. The molecule has 0 aromatic heterocycles. The number of carbonyl (C=O) groups is 2. The summed E-state index contributed by atoms with van der Waals surface area (Å²) in [6, 6.07) is -0.594. The Morgan fingerprint density at radius 2 is 2.10 bits per heavy atom. The third kappa shape index (κ3) is 2.48. The second-order valence-electron chi connectivity index (χ2n) is 5.19. The van der Waals surface area contributed by atoms with Gasteiger partial charge in [-0.2, -0.15) is 5.06 Å². The number of morpholine rings is 1. The van der Waals surface area contributed by atoms with Crippen LogP contribution in [-0.2, 0) is 14.2 Å². The number of amides is 3. The van der Waals surface area contributed by atoms with Gasteiger partial charge >= 0.3 is 6.03 Å². The van der Waals surface area contributed by atoms with Crippen LogP contribution in [0.1, 0.15) is 12.8 Å². The molecule has 3 amide bonds. The van der Waals surface area contributed by atoms with E-state index in [4.69, 9.17) is 9.36 Å². The zero-order valence-electron chi connectivity index (χ0n) is 11.2. The van der Waals surface area contributed by atoms with Crippen LogP contribution in [0.3, 0.4) is 0 Å². The number of nitrogens with one attached hydrogen (secondary N) is 1. The van der Waals surface area contributed by atoms with Crippen molar-refractivity contribution in [2.24, 2.45) is 0 Å². The molecule has 8 nitrogen and oxygen atoms in total. The molecule has 3 fully saturated rings. The fraction of sp³-hybridized carbons (Fsp3) is 0.818. The Kier molecular flexibility index (Phi) is 4.07. The molecule has 0 aromatic rings. The fourth-order valence-corrected chi connectivity index (χ4v) is 3.21. The van der Waals surface area contributed by atoms with Crippen molar-refractivity contribution in [2.45, 2.75) is 24.9 Å². The number of urea groups is 1. The largest absolute Gasteiger partial charge is 0.379 e. The van der Waals surface area contributed by atoms with Gasteiger partial charge in [-0.3, -0.25) is 14.8 Å². The van der Waals surface area contributed by atoms with Crippen LogP contribution >= 0.6 is 9.47 Å². The van der Waals surface area contributed by atoms with Crippen molar-refractivity contribution in [3.63, 3.8) is 0 Å². The molecule has 3 rings (SSSR count). The lowest BCUT2D eigenvalue weighted by Crippen LogP contribution is -2.56. The molecule has 9 heteroatoms. The Bertz CT molecular complexity index is 404. The summed E-state index contributed by atoms with van der Waals surface area (Å²) in [5.41, 5.74) is 2.88. The first-order valence-electron chi connectivity index (χ1n) is 6.80. The molecule has 0 aromatic carbocycles. The van der Waals surface area contributed by atoms with Crippen LogP contribution in [0.15, 0.2) is 0 Å². The van der Waals surface area contributed by atoms with Crippen LogP contribution in [0.25, 0.3) is 0 Å². The Morgan fingerprint density at radius 1 is 1.35 bits per heavy atom. The molecule has 0 radical (unpaired) electrons. The van der Waals surface area contributed by atoms with Gasteiger partial charge in [0.25, 0.3) is 5.91 Å². The summed E-state index contributed by atoms with van der Waals surface area (Å²) in [5, 5.41) is 3.19. The summed E-state index contributed by atoms with van der Waals surface area (Å²) in [4.78, 5) is 26.1. The van der Waals surface area contributed by atoms with Gasteiger partial charge in [-0.05, 0) is 12.8 Å². The highest BCUT2D eigenvalue weighted by atomic mass is 31.0. The molecule has 2 bridgehead atoms. The molecule has 1 unspecified atom stereocenters. The fourth-order valence-electron chi connectivity index (χ4n) is 2.95. The van der Waals surface area contributed by atoms with E-state index in [1.54, 1.807) is 4.90 Å². The molecule has 3 atom stereocenters. The van der Waals surface area contributed by atoms with Crippen LogP contribution in [0.5, 0.6) is 0 Å². The lowest BCUT2D eigenvalue weighted by atomic mass is 10.0. The number of ether oxygens (including phenoxy) is 1. The molecule has 3 heterocycles. The van der Waals surface area contributed by atoms with Crippen LogP contribution in [0.4, 0.5) is 4.79 Å². The second-order valence-corrected chi connectivity index (χ2v) is 5.40. The monoisotopic (exact) mass is 302 g/mol. The molecule has 1 N–H and O–H groups in total. The second kappa shape index (κ2) is 5.81. The van der Waals surface area contributed by atoms with E-state index in [9.17, 15) is 9.59 Å². The van der Waals surface area contributed by atoms with E-state index in [1.807, 2.05) is 5.01 Å². The van der Waals surface area contributed by atoms with Gasteiger partial charge in [0, 0.05) is 29.1 Å². The number of rotatable bonds is 3. The molecule has 0 saturated carbocycles. The van der Waals surface area contributed by atoms with Crippen molar-refractivity contribution in [3.8, 4) is 0 Å². The number of piperidine rings is 1. The van der Waals surface area contributed by atoms with Gasteiger partial charge in [-0.25, -0.2) is 9.80 Å². The Morgan fingerprint density at radius 3 is 2.80 bits per heavy atom. The average Bonchev–Trinajstić information content (AvgIpc) is 2.71. The molecule has 3 saturated heterocycles. The maximum absolute atomic E-state index is 12.3. The van der Waals surface area contributed by atoms with Crippen molar-refractivity contribution in [3.05, 3.63) is 0 Å². The molecule has 112 valence electrons. The quantitative estimate of drug-likeness (QED) is 0.701. The van der Waals surface area contributed by atoms with Crippen LogP contribution in [-0.4, -0.2) is 71.8 Å². The van der Waals surface area contributed by atoms with Gasteiger partial charge in [0.15, 0.2) is 0 Å². The Labute approximate surface area is 119 Å². The summed E-state index contributed by atoms with van der Waals surface area (Å²) in [6.07, 6.45) is 1.44. The van der Waals surface area contributed by atoms with E-state index in [2.05, 4.69) is 14.9 Å². The predicted octanol–water partition coefficient (Wildman–Crippen LogP) is -0.660. The smallest absolute Gasteiger partial charge is 0.345 e. The SMILES string of the molecule is O=C(NN1CCOCC1)[C@@H]1CC[C@H]2CN1C(=O)N2OP. The van der Waals surface area contributed by atoms with E-state index < -0.39 is 6.04 Å². The number of hydroxylamine groups is 2. The number of hydrazine groups is 1. The molecular weight excluding hydrogens is 283 g/mol. The molecular formula is C11H19N4O4P.